The number of nitrogens with zero attached hydrogens (tertiary/aromatic N) is 2. The van der Waals surface area contributed by atoms with Crippen LogP contribution in [0.4, 0.5) is 5.69 Å². The molecule has 2 aromatic carbocycles. The summed E-state index contributed by atoms with van der Waals surface area (Å²) in [6, 6.07) is 13.7. The molecule has 146 valence electrons. The number of hydrogen-bond acceptors (Lipinski definition) is 4. The number of rotatable bonds is 4. The van der Waals surface area contributed by atoms with Crippen molar-refractivity contribution in [3.8, 4) is 5.75 Å². The molecule has 1 aliphatic heterocycles. The van der Waals surface area contributed by atoms with Gasteiger partial charge in [0, 0.05) is 56.0 Å². The minimum absolute atomic E-state index is 0.0170. The summed E-state index contributed by atoms with van der Waals surface area (Å²) in [6.45, 7) is 3.55. The van der Waals surface area contributed by atoms with Crippen molar-refractivity contribution in [2.24, 2.45) is 0 Å². The molecule has 0 saturated carbocycles. The molecule has 0 spiro atoms. The van der Waals surface area contributed by atoms with Gasteiger partial charge in [-0.3, -0.25) is 14.4 Å². The molecule has 0 atom stereocenters. The summed E-state index contributed by atoms with van der Waals surface area (Å²) < 4.78 is 5.16. The molecule has 0 aliphatic carbocycles. The predicted octanol–water partition coefficient (Wildman–Crippen LogP) is 2.25. The van der Waals surface area contributed by atoms with Crippen molar-refractivity contribution in [1.82, 2.24) is 9.80 Å². The second-order valence-corrected chi connectivity index (χ2v) is 6.57. The van der Waals surface area contributed by atoms with Crippen LogP contribution in [0.1, 0.15) is 27.6 Å². The van der Waals surface area contributed by atoms with Crippen LogP contribution in [0.2, 0.25) is 0 Å². The first-order valence-electron chi connectivity index (χ1n) is 9.08. The SMILES string of the molecule is COc1cccc(NC(=O)c2cccc(C(=O)N3CCN(C(C)=O)CC3)c2)c1. The van der Waals surface area contributed by atoms with Crippen molar-refractivity contribution in [2.45, 2.75) is 6.92 Å². The molecule has 1 saturated heterocycles. The average Bonchev–Trinajstić information content (AvgIpc) is 2.73. The number of carbonyl (C=O) groups is 3. The molecule has 7 nitrogen and oxygen atoms in total. The second-order valence-electron chi connectivity index (χ2n) is 6.57. The van der Waals surface area contributed by atoms with E-state index < -0.39 is 0 Å². The number of piperazine rings is 1. The zero-order valence-corrected chi connectivity index (χ0v) is 16.0. The zero-order chi connectivity index (χ0) is 20.1. The maximum atomic E-state index is 12.8. The summed E-state index contributed by atoms with van der Waals surface area (Å²) in [4.78, 5) is 40.2. The first-order valence-corrected chi connectivity index (χ1v) is 9.08. The van der Waals surface area contributed by atoms with Gasteiger partial charge in [0.05, 0.1) is 7.11 Å². The van der Waals surface area contributed by atoms with Gasteiger partial charge < -0.3 is 19.9 Å². The van der Waals surface area contributed by atoms with E-state index in [0.29, 0.717) is 48.7 Å². The Hall–Kier alpha value is -3.35. The number of carbonyl (C=O) groups excluding carboxylic acids is 3. The van der Waals surface area contributed by atoms with Crippen LogP contribution in [0.5, 0.6) is 5.75 Å². The highest BCUT2D eigenvalue weighted by atomic mass is 16.5. The van der Waals surface area contributed by atoms with E-state index in [1.54, 1.807) is 65.4 Å². The largest absolute Gasteiger partial charge is 0.497 e. The summed E-state index contributed by atoms with van der Waals surface area (Å²) in [5, 5.41) is 2.81. The predicted molar refractivity (Wildman–Crippen MR) is 106 cm³/mol. The van der Waals surface area contributed by atoms with Crippen LogP contribution in [0.25, 0.3) is 0 Å². The van der Waals surface area contributed by atoms with Crippen molar-refractivity contribution in [1.29, 1.82) is 0 Å². The minimum Gasteiger partial charge on any atom is -0.497 e. The van der Waals surface area contributed by atoms with Crippen molar-refractivity contribution in [3.63, 3.8) is 0 Å². The van der Waals surface area contributed by atoms with Gasteiger partial charge in [-0.25, -0.2) is 0 Å². The standard InChI is InChI=1S/C21H23N3O4/c1-15(25)23-9-11-24(12-10-23)21(27)17-6-3-5-16(13-17)20(26)22-18-7-4-8-19(14-18)28-2/h3-8,13-14H,9-12H2,1-2H3,(H,22,26). The molecule has 3 amide bonds. The number of anilines is 1. The van der Waals surface area contributed by atoms with Crippen LogP contribution in [0, 0.1) is 0 Å². The van der Waals surface area contributed by atoms with Gasteiger partial charge in [-0.2, -0.15) is 0 Å². The highest BCUT2D eigenvalue weighted by Crippen LogP contribution is 2.18. The number of nitrogens with one attached hydrogen (secondary N) is 1. The minimum atomic E-state index is -0.302. The van der Waals surface area contributed by atoms with Gasteiger partial charge in [-0.1, -0.05) is 12.1 Å². The Labute approximate surface area is 163 Å². The average molecular weight is 381 g/mol. The number of benzene rings is 2. The monoisotopic (exact) mass is 381 g/mol. The Morgan fingerprint density at radius 2 is 1.54 bits per heavy atom. The van der Waals surface area contributed by atoms with Crippen molar-refractivity contribution in [2.75, 3.05) is 38.6 Å². The molecule has 0 unspecified atom stereocenters. The Bertz CT molecular complexity index is 889. The molecular weight excluding hydrogens is 358 g/mol. The number of methoxy groups -OCH3 is 1. The van der Waals surface area contributed by atoms with Crippen LogP contribution in [0.15, 0.2) is 48.5 Å². The summed E-state index contributed by atoms with van der Waals surface area (Å²) in [7, 11) is 1.56. The van der Waals surface area contributed by atoms with E-state index in [-0.39, 0.29) is 17.7 Å². The fourth-order valence-electron chi connectivity index (χ4n) is 3.10. The molecule has 1 N–H and O–H groups in total. The molecular formula is C21H23N3O4. The van der Waals surface area contributed by atoms with E-state index in [4.69, 9.17) is 4.74 Å². The van der Waals surface area contributed by atoms with Crippen LogP contribution in [-0.4, -0.2) is 60.8 Å². The number of ether oxygens (including phenoxy) is 1. The highest BCUT2D eigenvalue weighted by Gasteiger charge is 2.23. The van der Waals surface area contributed by atoms with Gasteiger partial charge in [0.15, 0.2) is 0 Å². The topological polar surface area (TPSA) is 79.0 Å². The molecule has 1 fully saturated rings. The maximum Gasteiger partial charge on any atom is 0.255 e. The highest BCUT2D eigenvalue weighted by molar-refractivity contribution is 6.06. The normalized spacial score (nSPS) is 13.8. The van der Waals surface area contributed by atoms with E-state index in [0.717, 1.165) is 0 Å². The molecule has 3 rings (SSSR count). The van der Waals surface area contributed by atoms with E-state index in [9.17, 15) is 14.4 Å². The van der Waals surface area contributed by atoms with Crippen molar-refractivity contribution >= 4 is 23.4 Å². The van der Waals surface area contributed by atoms with E-state index in [2.05, 4.69) is 5.32 Å². The van der Waals surface area contributed by atoms with Crippen LogP contribution < -0.4 is 10.1 Å². The Balaban J connectivity index is 1.68. The Morgan fingerprint density at radius 1 is 0.893 bits per heavy atom. The number of hydrogen-bond donors (Lipinski definition) is 1. The lowest BCUT2D eigenvalue weighted by Gasteiger charge is -2.34. The first-order chi connectivity index (χ1) is 13.5. The summed E-state index contributed by atoms with van der Waals surface area (Å²) in [5.74, 6) is 0.221. The first kappa shape index (κ1) is 19.4. The third-order valence-electron chi connectivity index (χ3n) is 4.71. The summed E-state index contributed by atoms with van der Waals surface area (Å²) in [6.07, 6.45) is 0. The Kier molecular flexibility index (Phi) is 5.93. The molecule has 2 aromatic rings. The van der Waals surface area contributed by atoms with E-state index in [1.807, 2.05) is 0 Å². The molecule has 28 heavy (non-hydrogen) atoms. The molecule has 0 bridgehead atoms. The summed E-state index contributed by atoms with van der Waals surface area (Å²) >= 11 is 0. The van der Waals surface area contributed by atoms with E-state index in [1.165, 1.54) is 6.92 Å². The third-order valence-corrected chi connectivity index (χ3v) is 4.71. The smallest absolute Gasteiger partial charge is 0.255 e. The Morgan fingerprint density at radius 3 is 2.21 bits per heavy atom. The molecule has 0 aromatic heterocycles. The van der Waals surface area contributed by atoms with Crippen LogP contribution >= 0.6 is 0 Å². The van der Waals surface area contributed by atoms with Gasteiger partial charge in [-0.05, 0) is 30.3 Å². The third kappa shape index (κ3) is 4.49. The summed E-state index contributed by atoms with van der Waals surface area (Å²) in [5.41, 5.74) is 1.46. The quantitative estimate of drug-likeness (QED) is 0.881. The molecule has 7 heteroatoms. The van der Waals surface area contributed by atoms with Gasteiger partial charge in [0.25, 0.3) is 11.8 Å². The lowest BCUT2D eigenvalue weighted by Crippen LogP contribution is -2.50. The number of amides is 3. The maximum absolute atomic E-state index is 12.8. The van der Waals surface area contributed by atoms with Crippen LogP contribution in [0.3, 0.4) is 0 Å². The lowest BCUT2D eigenvalue weighted by atomic mass is 10.1. The molecule has 1 heterocycles. The van der Waals surface area contributed by atoms with Crippen LogP contribution in [-0.2, 0) is 4.79 Å². The molecule has 0 radical (unpaired) electrons. The second kappa shape index (κ2) is 8.56. The van der Waals surface area contributed by atoms with Gasteiger partial charge in [0.1, 0.15) is 5.75 Å². The fourth-order valence-corrected chi connectivity index (χ4v) is 3.10. The van der Waals surface area contributed by atoms with E-state index >= 15 is 0 Å². The zero-order valence-electron chi connectivity index (χ0n) is 16.0. The van der Waals surface area contributed by atoms with Crippen molar-refractivity contribution in [3.05, 3.63) is 59.7 Å². The lowest BCUT2D eigenvalue weighted by molar-refractivity contribution is -0.130. The van der Waals surface area contributed by atoms with Gasteiger partial charge in [-0.15, -0.1) is 0 Å². The van der Waals surface area contributed by atoms with Gasteiger partial charge >= 0.3 is 0 Å². The van der Waals surface area contributed by atoms with Gasteiger partial charge in [0.2, 0.25) is 5.91 Å². The van der Waals surface area contributed by atoms with Crippen molar-refractivity contribution < 1.29 is 19.1 Å². The molecule has 1 aliphatic rings. The fraction of sp³-hybridized carbons (Fsp3) is 0.286.